The van der Waals surface area contributed by atoms with Crippen LogP contribution in [-0.2, 0) is 53.0 Å². The Kier molecular flexibility index (Phi) is 12.9. The van der Waals surface area contributed by atoms with Crippen molar-refractivity contribution in [3.05, 3.63) is 108 Å². The zero-order valence-corrected chi connectivity index (χ0v) is 26.6. The Bertz CT molecular complexity index is 1300. The summed E-state index contributed by atoms with van der Waals surface area (Å²) in [5.41, 5.74) is 2.36. The molecule has 0 saturated carbocycles. The molecule has 9 heteroatoms. The summed E-state index contributed by atoms with van der Waals surface area (Å²) in [4.78, 5) is 25.4. The predicted octanol–water partition coefficient (Wildman–Crippen LogP) is 5.99. The third-order valence-corrected chi connectivity index (χ3v) is 7.26. The maximum Gasteiger partial charge on any atom is 0.408 e. The summed E-state index contributed by atoms with van der Waals surface area (Å²) in [5, 5.41) is 2.66. The van der Waals surface area contributed by atoms with E-state index in [0.717, 1.165) is 16.7 Å². The summed E-state index contributed by atoms with van der Waals surface area (Å²) >= 11 is 0. The first-order valence-electron chi connectivity index (χ1n) is 15.4. The maximum atomic E-state index is 12.8. The summed E-state index contributed by atoms with van der Waals surface area (Å²) < 4.78 is 36.2. The molecule has 1 heterocycles. The first-order valence-corrected chi connectivity index (χ1v) is 15.4. The number of rotatable bonds is 14. The lowest BCUT2D eigenvalue weighted by molar-refractivity contribution is -0.222. The van der Waals surface area contributed by atoms with Crippen molar-refractivity contribution < 1.29 is 38.0 Å². The van der Waals surface area contributed by atoms with E-state index >= 15 is 0 Å². The fourth-order valence-corrected chi connectivity index (χ4v) is 5.16. The second-order valence-corrected chi connectivity index (χ2v) is 12.1. The highest BCUT2D eigenvalue weighted by Crippen LogP contribution is 2.30. The second kappa shape index (κ2) is 17.1. The molecule has 5 atom stereocenters. The van der Waals surface area contributed by atoms with Crippen LogP contribution in [0.4, 0.5) is 4.79 Å². The van der Waals surface area contributed by atoms with Crippen molar-refractivity contribution in [3.63, 3.8) is 0 Å². The maximum absolute atomic E-state index is 12.8. The number of carbonyl (C=O) groups is 2. The molecule has 242 valence electrons. The summed E-state index contributed by atoms with van der Waals surface area (Å²) in [6, 6.07) is 28.8. The lowest BCUT2D eigenvalue weighted by Gasteiger charge is -2.42. The minimum Gasteiger partial charge on any atom is -0.467 e. The number of hydrogen-bond donors (Lipinski definition) is 1. The van der Waals surface area contributed by atoms with Crippen LogP contribution in [-0.4, -0.2) is 61.8 Å². The molecular formula is C36H45NO8. The zero-order chi connectivity index (χ0) is 32.1. The van der Waals surface area contributed by atoms with Crippen molar-refractivity contribution in [2.24, 2.45) is 0 Å². The van der Waals surface area contributed by atoms with Crippen LogP contribution in [0.15, 0.2) is 91.0 Å². The first-order chi connectivity index (χ1) is 21.7. The average Bonchev–Trinajstić information content (AvgIpc) is 3.03. The van der Waals surface area contributed by atoms with E-state index < -0.39 is 48.1 Å². The standard InChI is InChI=1S/C36H45NO8/c1-36(2,3)45-35(39)37-30(34(38)40-4)20-29-21-31(42-23-27-16-10-6-11-17-27)33(43-24-28-18-12-7-13-19-28)32(44-29)25-41-22-26-14-8-5-9-15-26/h5-19,29-33H,20-25H2,1-4H3,(H,37,39)/t29-,30+,31+,32+,33+/m0/s1. The van der Waals surface area contributed by atoms with Gasteiger partial charge in [-0.3, -0.25) is 0 Å². The van der Waals surface area contributed by atoms with E-state index in [2.05, 4.69) is 5.32 Å². The molecule has 45 heavy (non-hydrogen) atoms. The quantitative estimate of drug-likeness (QED) is 0.220. The van der Waals surface area contributed by atoms with E-state index in [4.69, 9.17) is 28.4 Å². The van der Waals surface area contributed by atoms with Gasteiger partial charge in [-0.1, -0.05) is 91.0 Å². The van der Waals surface area contributed by atoms with Gasteiger partial charge < -0.3 is 33.7 Å². The van der Waals surface area contributed by atoms with E-state index in [1.54, 1.807) is 20.8 Å². The van der Waals surface area contributed by atoms with Gasteiger partial charge in [0, 0.05) is 12.8 Å². The number of amides is 1. The molecule has 4 rings (SSSR count). The van der Waals surface area contributed by atoms with Gasteiger partial charge in [0.2, 0.25) is 0 Å². The monoisotopic (exact) mass is 619 g/mol. The van der Waals surface area contributed by atoms with Gasteiger partial charge in [-0.15, -0.1) is 0 Å². The molecule has 0 aliphatic carbocycles. The van der Waals surface area contributed by atoms with E-state index in [1.807, 2.05) is 91.0 Å². The number of ether oxygens (including phenoxy) is 6. The average molecular weight is 620 g/mol. The molecule has 0 aromatic heterocycles. The highest BCUT2D eigenvalue weighted by Gasteiger charge is 2.42. The highest BCUT2D eigenvalue weighted by molar-refractivity contribution is 5.81. The molecule has 3 aromatic carbocycles. The van der Waals surface area contributed by atoms with Gasteiger partial charge in [-0.2, -0.15) is 0 Å². The van der Waals surface area contributed by atoms with Gasteiger partial charge in [0.05, 0.1) is 45.7 Å². The van der Waals surface area contributed by atoms with Crippen molar-refractivity contribution in [3.8, 4) is 0 Å². The molecular weight excluding hydrogens is 574 g/mol. The Morgan fingerprint density at radius 1 is 0.822 bits per heavy atom. The lowest BCUT2D eigenvalue weighted by atomic mass is 9.93. The Morgan fingerprint density at radius 3 is 1.89 bits per heavy atom. The van der Waals surface area contributed by atoms with Crippen molar-refractivity contribution >= 4 is 12.1 Å². The molecule has 1 aliphatic heterocycles. The fourth-order valence-electron chi connectivity index (χ4n) is 5.16. The SMILES string of the molecule is COC(=O)[C@@H](C[C@H]1C[C@@H](OCc2ccccc2)[C@@H](OCc2ccccc2)[C@@H](COCc2ccccc2)O1)NC(=O)OC(C)(C)C. The second-order valence-electron chi connectivity index (χ2n) is 12.1. The highest BCUT2D eigenvalue weighted by atomic mass is 16.6. The smallest absolute Gasteiger partial charge is 0.408 e. The molecule has 0 spiro atoms. The predicted molar refractivity (Wildman–Crippen MR) is 169 cm³/mol. The van der Waals surface area contributed by atoms with E-state index in [0.29, 0.717) is 26.2 Å². The van der Waals surface area contributed by atoms with Crippen molar-refractivity contribution in [1.82, 2.24) is 5.32 Å². The van der Waals surface area contributed by atoms with E-state index in [1.165, 1.54) is 7.11 Å². The molecule has 0 radical (unpaired) electrons. The van der Waals surface area contributed by atoms with Crippen LogP contribution >= 0.6 is 0 Å². The lowest BCUT2D eigenvalue weighted by Crippen LogP contribution is -2.54. The number of hydrogen-bond acceptors (Lipinski definition) is 8. The molecule has 1 fully saturated rings. The van der Waals surface area contributed by atoms with Crippen LogP contribution in [0.1, 0.15) is 50.3 Å². The van der Waals surface area contributed by atoms with Gasteiger partial charge >= 0.3 is 12.1 Å². The van der Waals surface area contributed by atoms with Gasteiger partial charge in [-0.25, -0.2) is 9.59 Å². The van der Waals surface area contributed by atoms with Crippen LogP contribution in [0.25, 0.3) is 0 Å². The van der Waals surface area contributed by atoms with Gasteiger partial charge in [-0.05, 0) is 37.5 Å². The molecule has 1 aliphatic rings. The number of carbonyl (C=O) groups excluding carboxylic acids is 2. The minimum absolute atomic E-state index is 0.150. The van der Waals surface area contributed by atoms with Crippen LogP contribution in [0.5, 0.6) is 0 Å². The minimum atomic E-state index is -0.989. The number of methoxy groups -OCH3 is 1. The number of benzene rings is 3. The Morgan fingerprint density at radius 2 is 1.36 bits per heavy atom. The Labute approximate surface area is 266 Å². The van der Waals surface area contributed by atoms with Gasteiger partial charge in [0.25, 0.3) is 0 Å². The summed E-state index contributed by atoms with van der Waals surface area (Å²) in [6.07, 6.45) is -1.99. The van der Waals surface area contributed by atoms with Gasteiger partial charge in [0.1, 0.15) is 23.9 Å². The Hall–Kier alpha value is -3.76. The molecule has 1 saturated heterocycles. The Balaban J connectivity index is 1.54. The van der Waals surface area contributed by atoms with Crippen molar-refractivity contribution in [2.75, 3.05) is 13.7 Å². The number of nitrogens with one attached hydrogen (secondary N) is 1. The number of alkyl carbamates (subject to hydrolysis) is 1. The first kappa shape index (κ1) is 34.1. The summed E-state index contributed by atoms with van der Waals surface area (Å²) in [6.45, 7) is 6.65. The van der Waals surface area contributed by atoms with Crippen molar-refractivity contribution in [1.29, 1.82) is 0 Å². The van der Waals surface area contributed by atoms with Crippen molar-refractivity contribution in [2.45, 2.75) is 89.5 Å². The largest absolute Gasteiger partial charge is 0.467 e. The zero-order valence-electron chi connectivity index (χ0n) is 26.6. The summed E-state index contributed by atoms with van der Waals surface area (Å²) in [5.74, 6) is -0.592. The molecule has 1 N–H and O–H groups in total. The molecule has 0 bridgehead atoms. The van der Waals surface area contributed by atoms with Crippen LogP contribution in [0.3, 0.4) is 0 Å². The third kappa shape index (κ3) is 11.6. The van der Waals surface area contributed by atoms with Crippen LogP contribution in [0.2, 0.25) is 0 Å². The third-order valence-electron chi connectivity index (χ3n) is 7.26. The van der Waals surface area contributed by atoms with Crippen LogP contribution < -0.4 is 5.32 Å². The normalized spacial score (nSPS) is 20.6. The molecule has 9 nitrogen and oxygen atoms in total. The molecule has 0 unspecified atom stereocenters. The van der Waals surface area contributed by atoms with E-state index in [-0.39, 0.29) is 13.0 Å². The fraction of sp³-hybridized carbons (Fsp3) is 0.444. The molecule has 1 amide bonds. The topological polar surface area (TPSA) is 102 Å². The molecule has 3 aromatic rings. The number of esters is 1. The summed E-state index contributed by atoms with van der Waals surface area (Å²) in [7, 11) is 1.29. The van der Waals surface area contributed by atoms with Gasteiger partial charge in [0.15, 0.2) is 0 Å². The van der Waals surface area contributed by atoms with Crippen LogP contribution in [0, 0.1) is 0 Å². The van der Waals surface area contributed by atoms with E-state index in [9.17, 15) is 9.59 Å².